The number of anilines is 2. The maximum Gasteiger partial charge on any atom is 0.262 e. The van der Waals surface area contributed by atoms with Crippen LogP contribution in [0, 0.1) is 0 Å². The van der Waals surface area contributed by atoms with Gasteiger partial charge in [-0.05, 0) is 48.2 Å². The Morgan fingerprint density at radius 2 is 1.77 bits per heavy atom. The van der Waals surface area contributed by atoms with Crippen LogP contribution in [0.4, 0.5) is 11.4 Å². The summed E-state index contributed by atoms with van der Waals surface area (Å²) < 4.78 is 8.77. The second-order valence-corrected chi connectivity index (χ2v) is 8.00. The topological polar surface area (TPSA) is 97.1 Å². The summed E-state index contributed by atoms with van der Waals surface area (Å²) in [5.41, 5.74) is 5.14. The first-order valence-electron chi connectivity index (χ1n) is 8.36. The molecule has 0 saturated carbocycles. The lowest BCUT2D eigenvalue weighted by molar-refractivity contribution is -0.858. The van der Waals surface area contributed by atoms with Crippen LogP contribution in [0.2, 0.25) is 5.02 Å². The smallest absolute Gasteiger partial charge is 0.262 e. The van der Waals surface area contributed by atoms with E-state index in [9.17, 15) is 0 Å². The van der Waals surface area contributed by atoms with Gasteiger partial charge in [0.2, 0.25) is 0 Å². The van der Waals surface area contributed by atoms with Crippen molar-refractivity contribution in [3.8, 4) is 0 Å². The molecule has 0 saturated heterocycles. The van der Waals surface area contributed by atoms with Crippen molar-refractivity contribution < 1.29 is 24.1 Å². The Bertz CT molecular complexity index is 786. The molecule has 0 amide bonds. The van der Waals surface area contributed by atoms with Crippen LogP contribution >= 0.6 is 19.4 Å². The Morgan fingerprint density at radius 3 is 2.42 bits per heavy atom. The maximum atomic E-state index is 8.77. The molecule has 0 fully saturated rings. The van der Waals surface area contributed by atoms with Gasteiger partial charge in [-0.1, -0.05) is 29.8 Å². The van der Waals surface area contributed by atoms with Gasteiger partial charge in [-0.15, -0.1) is 0 Å². The molecule has 1 aliphatic rings. The summed E-state index contributed by atoms with van der Waals surface area (Å²) >= 11 is 6.22. The molecule has 3 rings (SSSR count). The molecule has 0 aromatic heterocycles. The number of hydrogen-bond acceptors (Lipinski definition) is 3. The van der Waals surface area contributed by atoms with Crippen molar-refractivity contribution in [3.05, 3.63) is 58.6 Å². The number of fused-ring (bicyclic) bond motifs is 2. The van der Waals surface area contributed by atoms with Crippen molar-refractivity contribution in [1.29, 1.82) is 0 Å². The largest absolute Gasteiger partial charge is 0.756 e. The first-order chi connectivity index (χ1) is 12.1. The van der Waals surface area contributed by atoms with Crippen LogP contribution in [0.1, 0.15) is 29.9 Å². The molecule has 0 spiro atoms. The van der Waals surface area contributed by atoms with Gasteiger partial charge in [0.05, 0.1) is 20.6 Å². The van der Waals surface area contributed by atoms with Gasteiger partial charge in [-0.3, -0.25) is 4.57 Å². The molecule has 8 heteroatoms. The molecule has 2 aromatic carbocycles. The molecule has 0 bridgehead atoms. The van der Waals surface area contributed by atoms with Gasteiger partial charge in [0.15, 0.2) is 0 Å². The second kappa shape index (κ2) is 9.00. The number of nitrogens with one attached hydrogen (secondary N) is 2. The summed E-state index contributed by atoms with van der Waals surface area (Å²) in [5.74, 6) is 0.440. The van der Waals surface area contributed by atoms with Gasteiger partial charge in [-0.25, -0.2) is 0 Å². The third kappa shape index (κ3) is 6.40. The van der Waals surface area contributed by atoms with Crippen molar-refractivity contribution in [2.24, 2.45) is 0 Å². The fourth-order valence-corrected chi connectivity index (χ4v) is 3.31. The number of halogens is 1. The van der Waals surface area contributed by atoms with Crippen molar-refractivity contribution in [3.63, 3.8) is 0 Å². The van der Waals surface area contributed by atoms with Crippen LogP contribution in [0.15, 0.2) is 42.5 Å². The SMILES string of the molecule is C[NH+](C)CCCC1c2ccccc2Nc2ccc(Cl)cc21.O=P([O-])(O)O. The molecule has 2 aromatic rings. The maximum absolute atomic E-state index is 8.77. The Kier molecular flexibility index (Phi) is 7.24. The van der Waals surface area contributed by atoms with Gasteiger partial charge < -0.3 is 24.9 Å². The van der Waals surface area contributed by atoms with Crippen LogP contribution in [-0.4, -0.2) is 30.4 Å². The van der Waals surface area contributed by atoms with Gasteiger partial charge in [-0.2, -0.15) is 0 Å². The minimum Gasteiger partial charge on any atom is -0.756 e. The molecular weight excluding hydrogens is 375 g/mol. The fraction of sp³-hybridized carbons (Fsp3) is 0.333. The quantitative estimate of drug-likeness (QED) is 0.590. The Hall–Kier alpha value is -1.40. The van der Waals surface area contributed by atoms with Crippen LogP contribution in [0.5, 0.6) is 0 Å². The minimum atomic E-state index is -4.89. The van der Waals surface area contributed by atoms with Gasteiger partial charge >= 0.3 is 0 Å². The van der Waals surface area contributed by atoms with E-state index in [0.29, 0.717) is 5.92 Å². The fourth-order valence-electron chi connectivity index (χ4n) is 3.13. The number of rotatable bonds is 4. The first-order valence-corrected chi connectivity index (χ1v) is 10.3. The summed E-state index contributed by atoms with van der Waals surface area (Å²) in [6.07, 6.45) is 2.38. The zero-order valence-electron chi connectivity index (χ0n) is 14.8. The van der Waals surface area contributed by atoms with Crippen molar-refractivity contribution in [2.45, 2.75) is 18.8 Å². The van der Waals surface area contributed by atoms with Gasteiger partial charge in [0.25, 0.3) is 7.82 Å². The summed E-state index contributed by atoms with van der Waals surface area (Å²) in [5, 5.41) is 4.35. The Labute approximate surface area is 158 Å². The lowest BCUT2D eigenvalue weighted by Gasteiger charge is -2.29. The number of para-hydroxylation sites is 1. The van der Waals surface area contributed by atoms with Crippen LogP contribution in [-0.2, 0) is 4.57 Å². The molecule has 1 unspecified atom stereocenters. The lowest BCUT2D eigenvalue weighted by atomic mass is 9.83. The molecule has 26 heavy (non-hydrogen) atoms. The van der Waals surface area contributed by atoms with Gasteiger partial charge in [0, 0.05) is 22.3 Å². The Balaban J connectivity index is 0.000000431. The zero-order chi connectivity index (χ0) is 19.3. The number of phosphoric acid groups is 1. The standard InChI is InChI=1S/C18H21ClN2.H3O4P/c1-21(2)11-5-7-14-15-6-3-4-8-17(15)20-18-10-9-13(19)12-16(14)18;1-5(2,3)4/h3-4,6,8-10,12,14,20H,5,7,11H2,1-2H3;(H3,1,2,3,4). The molecule has 1 atom stereocenters. The molecule has 1 heterocycles. The normalized spacial score (nSPS) is 15.4. The molecule has 0 aliphatic carbocycles. The lowest BCUT2D eigenvalue weighted by Crippen LogP contribution is -3.05. The van der Waals surface area contributed by atoms with E-state index in [4.69, 9.17) is 30.8 Å². The molecule has 0 radical (unpaired) electrons. The number of benzene rings is 2. The van der Waals surface area contributed by atoms with Crippen molar-refractivity contribution in [1.82, 2.24) is 0 Å². The molecule has 142 valence electrons. The van der Waals surface area contributed by atoms with E-state index < -0.39 is 7.82 Å². The van der Waals surface area contributed by atoms with Crippen LogP contribution < -0.4 is 15.1 Å². The third-order valence-electron chi connectivity index (χ3n) is 4.16. The average Bonchev–Trinajstić information content (AvgIpc) is 2.53. The summed E-state index contributed by atoms with van der Waals surface area (Å²) in [6.45, 7) is 1.20. The molecular formula is C18H24ClN2O4P. The highest BCUT2D eigenvalue weighted by molar-refractivity contribution is 7.43. The summed E-state index contributed by atoms with van der Waals surface area (Å²) in [6, 6.07) is 14.8. The monoisotopic (exact) mass is 398 g/mol. The summed E-state index contributed by atoms with van der Waals surface area (Å²) in [7, 11) is -0.470. The molecule has 1 aliphatic heterocycles. The van der Waals surface area contributed by atoms with Crippen molar-refractivity contribution in [2.75, 3.05) is 26.0 Å². The third-order valence-corrected chi connectivity index (χ3v) is 4.40. The predicted molar refractivity (Wildman–Crippen MR) is 102 cm³/mol. The average molecular weight is 399 g/mol. The summed E-state index contributed by atoms with van der Waals surface area (Å²) in [4.78, 5) is 24.4. The van der Waals surface area contributed by atoms with E-state index in [2.05, 4.69) is 55.8 Å². The zero-order valence-corrected chi connectivity index (χ0v) is 16.4. The van der Waals surface area contributed by atoms with Crippen LogP contribution in [0.3, 0.4) is 0 Å². The first kappa shape index (κ1) is 20.9. The van der Waals surface area contributed by atoms with Crippen LogP contribution in [0.25, 0.3) is 0 Å². The number of quaternary nitrogens is 1. The highest BCUT2D eigenvalue weighted by Gasteiger charge is 2.25. The second-order valence-electron chi connectivity index (χ2n) is 6.59. The van der Waals surface area contributed by atoms with E-state index in [1.807, 2.05) is 6.07 Å². The number of hydrogen-bond donors (Lipinski definition) is 4. The molecule has 4 N–H and O–H groups in total. The van der Waals surface area contributed by atoms with Crippen molar-refractivity contribution >= 4 is 30.8 Å². The Morgan fingerprint density at radius 1 is 1.15 bits per heavy atom. The van der Waals surface area contributed by atoms with E-state index in [-0.39, 0.29) is 0 Å². The van der Waals surface area contributed by atoms with E-state index in [1.165, 1.54) is 40.4 Å². The van der Waals surface area contributed by atoms with Gasteiger partial charge in [0.1, 0.15) is 0 Å². The predicted octanol–water partition coefficient (Wildman–Crippen LogP) is 1.89. The van der Waals surface area contributed by atoms with E-state index >= 15 is 0 Å². The minimum absolute atomic E-state index is 0.440. The molecule has 6 nitrogen and oxygen atoms in total. The highest BCUT2D eigenvalue weighted by Crippen LogP contribution is 2.44. The van der Waals surface area contributed by atoms with E-state index in [0.717, 1.165) is 11.4 Å². The van der Waals surface area contributed by atoms with E-state index in [1.54, 1.807) is 0 Å². The highest BCUT2D eigenvalue weighted by atomic mass is 35.5.